The summed E-state index contributed by atoms with van der Waals surface area (Å²) in [5, 5.41) is 2.43. The second-order valence-electron chi connectivity index (χ2n) is 6.20. The second kappa shape index (κ2) is 6.82. The van der Waals surface area contributed by atoms with Crippen molar-refractivity contribution in [2.75, 3.05) is 13.1 Å². The quantitative estimate of drug-likeness (QED) is 0.943. The lowest BCUT2D eigenvalue weighted by atomic mass is 9.95. The molecular formula is C19H22N2O2. The van der Waals surface area contributed by atoms with Crippen LogP contribution < -0.4 is 5.73 Å². The third-order valence-electron chi connectivity index (χ3n) is 4.74. The van der Waals surface area contributed by atoms with Crippen LogP contribution in [0.5, 0.6) is 0 Å². The maximum Gasteiger partial charge on any atom is 0.222 e. The summed E-state index contributed by atoms with van der Waals surface area (Å²) in [5.41, 5.74) is 6.55. The highest BCUT2D eigenvalue weighted by Gasteiger charge is 2.25. The van der Waals surface area contributed by atoms with Crippen molar-refractivity contribution in [3.8, 4) is 0 Å². The van der Waals surface area contributed by atoms with Crippen LogP contribution in [0.3, 0.4) is 0 Å². The van der Waals surface area contributed by atoms with E-state index in [9.17, 15) is 9.59 Å². The molecule has 2 aromatic rings. The zero-order chi connectivity index (χ0) is 16.2. The standard InChI is InChI=1S/C19H22N2O2/c20-19(23)16-10-12-21(13-11-16)18(22)9-8-15-6-3-5-14-4-1-2-7-17(14)15/h1-7,16H,8-13H2,(H2,20,23). The number of rotatable bonds is 4. The number of benzene rings is 2. The molecule has 0 spiro atoms. The summed E-state index contributed by atoms with van der Waals surface area (Å²) in [4.78, 5) is 25.4. The summed E-state index contributed by atoms with van der Waals surface area (Å²) in [6.45, 7) is 1.28. The number of likely N-dealkylation sites (tertiary alicyclic amines) is 1. The number of primary amides is 1. The Bertz CT molecular complexity index is 713. The van der Waals surface area contributed by atoms with Crippen molar-refractivity contribution >= 4 is 22.6 Å². The molecule has 0 radical (unpaired) electrons. The molecule has 120 valence electrons. The normalized spacial score (nSPS) is 15.7. The van der Waals surface area contributed by atoms with E-state index in [4.69, 9.17) is 5.73 Å². The average Bonchev–Trinajstić information content (AvgIpc) is 2.59. The van der Waals surface area contributed by atoms with Gasteiger partial charge in [-0.15, -0.1) is 0 Å². The number of piperidine rings is 1. The van der Waals surface area contributed by atoms with Crippen LogP contribution >= 0.6 is 0 Å². The molecule has 0 bridgehead atoms. The van der Waals surface area contributed by atoms with Crippen LogP contribution in [0.1, 0.15) is 24.8 Å². The summed E-state index contributed by atoms with van der Waals surface area (Å²) < 4.78 is 0. The van der Waals surface area contributed by atoms with Gasteiger partial charge in [-0.1, -0.05) is 42.5 Å². The van der Waals surface area contributed by atoms with Gasteiger partial charge in [0.15, 0.2) is 0 Å². The van der Waals surface area contributed by atoms with Gasteiger partial charge in [0.25, 0.3) is 0 Å². The Hall–Kier alpha value is -2.36. The Labute approximate surface area is 136 Å². The van der Waals surface area contributed by atoms with Crippen LogP contribution in [0.4, 0.5) is 0 Å². The van der Waals surface area contributed by atoms with Gasteiger partial charge in [-0.3, -0.25) is 9.59 Å². The van der Waals surface area contributed by atoms with Gasteiger partial charge in [-0.2, -0.15) is 0 Å². The molecule has 0 aromatic heterocycles. The molecule has 0 unspecified atom stereocenters. The van der Waals surface area contributed by atoms with E-state index in [1.807, 2.05) is 23.1 Å². The second-order valence-corrected chi connectivity index (χ2v) is 6.20. The lowest BCUT2D eigenvalue weighted by molar-refractivity contribution is -0.134. The molecule has 2 N–H and O–H groups in total. The number of nitrogens with two attached hydrogens (primary N) is 1. The van der Waals surface area contributed by atoms with Crippen molar-refractivity contribution in [2.24, 2.45) is 11.7 Å². The van der Waals surface area contributed by atoms with Crippen LogP contribution in [0.2, 0.25) is 0 Å². The van der Waals surface area contributed by atoms with E-state index in [0.717, 1.165) is 6.42 Å². The molecule has 3 rings (SSSR count). The first-order valence-electron chi connectivity index (χ1n) is 8.19. The highest BCUT2D eigenvalue weighted by molar-refractivity contribution is 5.86. The number of carbonyl (C=O) groups excluding carboxylic acids is 2. The summed E-state index contributed by atoms with van der Waals surface area (Å²) in [6.07, 6.45) is 2.63. The molecule has 4 nitrogen and oxygen atoms in total. The van der Waals surface area contributed by atoms with Crippen LogP contribution in [-0.2, 0) is 16.0 Å². The molecule has 2 aromatic carbocycles. The van der Waals surface area contributed by atoms with Crippen LogP contribution in [0, 0.1) is 5.92 Å². The molecule has 23 heavy (non-hydrogen) atoms. The molecule has 2 amide bonds. The van der Waals surface area contributed by atoms with Crippen molar-refractivity contribution in [1.29, 1.82) is 0 Å². The van der Waals surface area contributed by atoms with E-state index in [0.29, 0.717) is 32.4 Å². The minimum atomic E-state index is -0.243. The number of nitrogens with zero attached hydrogens (tertiary/aromatic N) is 1. The first-order chi connectivity index (χ1) is 11.1. The first kappa shape index (κ1) is 15.5. The minimum Gasteiger partial charge on any atom is -0.369 e. The van der Waals surface area contributed by atoms with E-state index in [-0.39, 0.29) is 17.7 Å². The van der Waals surface area contributed by atoms with E-state index in [1.165, 1.54) is 16.3 Å². The fourth-order valence-electron chi connectivity index (χ4n) is 3.32. The van der Waals surface area contributed by atoms with Gasteiger partial charge in [0.05, 0.1) is 0 Å². The lowest BCUT2D eigenvalue weighted by Crippen LogP contribution is -2.41. The number of hydrogen-bond donors (Lipinski definition) is 1. The van der Waals surface area contributed by atoms with E-state index in [1.54, 1.807) is 0 Å². The number of aryl methyl sites for hydroxylation is 1. The maximum absolute atomic E-state index is 12.4. The third-order valence-corrected chi connectivity index (χ3v) is 4.74. The van der Waals surface area contributed by atoms with E-state index in [2.05, 4.69) is 24.3 Å². The van der Waals surface area contributed by atoms with Gasteiger partial charge < -0.3 is 10.6 Å². The highest BCUT2D eigenvalue weighted by Crippen LogP contribution is 2.21. The molecule has 0 aliphatic carbocycles. The third kappa shape index (κ3) is 3.52. The topological polar surface area (TPSA) is 63.4 Å². The van der Waals surface area contributed by atoms with Gasteiger partial charge in [0.1, 0.15) is 0 Å². The first-order valence-corrected chi connectivity index (χ1v) is 8.19. The molecule has 1 aliphatic rings. The Morgan fingerprint density at radius 1 is 1.04 bits per heavy atom. The Balaban J connectivity index is 1.60. The van der Waals surface area contributed by atoms with Crippen LogP contribution in [0.15, 0.2) is 42.5 Å². The van der Waals surface area contributed by atoms with Gasteiger partial charge in [0.2, 0.25) is 11.8 Å². The number of fused-ring (bicyclic) bond motifs is 1. The predicted molar refractivity (Wildman–Crippen MR) is 90.8 cm³/mol. The molecule has 0 atom stereocenters. The van der Waals surface area contributed by atoms with Crippen LogP contribution in [0.25, 0.3) is 10.8 Å². The number of amides is 2. The van der Waals surface area contributed by atoms with E-state index >= 15 is 0 Å². The molecule has 0 saturated carbocycles. The highest BCUT2D eigenvalue weighted by atomic mass is 16.2. The Morgan fingerprint density at radius 3 is 2.48 bits per heavy atom. The predicted octanol–water partition coefficient (Wildman–Crippen LogP) is 2.50. The molecular weight excluding hydrogens is 288 g/mol. The Kier molecular flexibility index (Phi) is 4.60. The maximum atomic E-state index is 12.4. The molecule has 4 heteroatoms. The van der Waals surface area contributed by atoms with E-state index < -0.39 is 0 Å². The smallest absolute Gasteiger partial charge is 0.222 e. The van der Waals surface area contributed by atoms with Crippen molar-refractivity contribution in [3.05, 3.63) is 48.0 Å². The van der Waals surface area contributed by atoms with Crippen molar-refractivity contribution < 1.29 is 9.59 Å². The lowest BCUT2D eigenvalue weighted by Gasteiger charge is -2.30. The molecule has 1 saturated heterocycles. The Morgan fingerprint density at radius 2 is 1.74 bits per heavy atom. The monoisotopic (exact) mass is 310 g/mol. The average molecular weight is 310 g/mol. The molecule has 1 heterocycles. The fourth-order valence-corrected chi connectivity index (χ4v) is 3.32. The summed E-state index contributed by atoms with van der Waals surface area (Å²) in [7, 11) is 0. The van der Waals surface area contributed by atoms with Gasteiger partial charge >= 0.3 is 0 Å². The molecule has 1 fully saturated rings. The summed E-state index contributed by atoms with van der Waals surface area (Å²) in [5.74, 6) is -0.147. The van der Waals surface area contributed by atoms with Gasteiger partial charge in [-0.25, -0.2) is 0 Å². The fraction of sp³-hybridized carbons (Fsp3) is 0.368. The number of hydrogen-bond acceptors (Lipinski definition) is 2. The number of carbonyl (C=O) groups is 2. The largest absolute Gasteiger partial charge is 0.369 e. The van der Waals surface area contributed by atoms with Gasteiger partial charge in [0, 0.05) is 25.4 Å². The zero-order valence-electron chi connectivity index (χ0n) is 13.2. The zero-order valence-corrected chi connectivity index (χ0v) is 13.2. The molecule has 1 aliphatic heterocycles. The van der Waals surface area contributed by atoms with Crippen molar-refractivity contribution in [2.45, 2.75) is 25.7 Å². The summed E-state index contributed by atoms with van der Waals surface area (Å²) >= 11 is 0. The van der Waals surface area contributed by atoms with Gasteiger partial charge in [-0.05, 0) is 35.6 Å². The SMILES string of the molecule is NC(=O)C1CCN(C(=O)CCc2cccc3ccccc23)CC1. The minimum absolute atomic E-state index is 0.0721. The van der Waals surface area contributed by atoms with Crippen molar-refractivity contribution in [1.82, 2.24) is 4.90 Å². The van der Waals surface area contributed by atoms with Crippen LogP contribution in [-0.4, -0.2) is 29.8 Å². The summed E-state index contributed by atoms with van der Waals surface area (Å²) in [6, 6.07) is 14.5. The van der Waals surface area contributed by atoms with Crippen molar-refractivity contribution in [3.63, 3.8) is 0 Å².